The summed E-state index contributed by atoms with van der Waals surface area (Å²) in [4.78, 5) is 22.5. The van der Waals surface area contributed by atoms with Crippen LogP contribution < -0.4 is 10.6 Å². The predicted octanol–water partition coefficient (Wildman–Crippen LogP) is 3.07. The van der Waals surface area contributed by atoms with Crippen LogP contribution >= 0.6 is 15.9 Å². The molecule has 0 fully saturated rings. The number of halogens is 1. The highest BCUT2D eigenvalue weighted by atomic mass is 79.9. The Morgan fingerprint density at radius 2 is 2.00 bits per heavy atom. The van der Waals surface area contributed by atoms with Crippen molar-refractivity contribution in [2.45, 2.75) is 39.3 Å². The average molecular weight is 344 g/mol. The van der Waals surface area contributed by atoms with Crippen LogP contribution in [0.1, 0.15) is 27.7 Å². The van der Waals surface area contributed by atoms with Gasteiger partial charge in [0, 0.05) is 16.1 Å². The number of hydrogen-bond donors (Lipinski definition) is 2. The summed E-state index contributed by atoms with van der Waals surface area (Å²) < 4.78 is 0.613. The Morgan fingerprint density at radius 3 is 2.50 bits per heavy atom. The third-order valence-corrected chi connectivity index (χ3v) is 2.91. The Kier molecular flexibility index (Phi) is 5.10. The molecule has 0 aliphatic heterocycles. The highest BCUT2D eigenvalue weighted by molar-refractivity contribution is 9.10. The Labute approximate surface area is 126 Å². The third kappa shape index (κ3) is 4.80. The van der Waals surface area contributed by atoms with Gasteiger partial charge in [0.1, 0.15) is 11.7 Å². The maximum atomic E-state index is 12.0. The number of nitro groups is 1. The Morgan fingerprint density at radius 1 is 1.40 bits per heavy atom. The van der Waals surface area contributed by atoms with Gasteiger partial charge >= 0.3 is 0 Å². The fraction of sp³-hybridized carbons (Fsp3) is 0.462. The largest absolute Gasteiger partial charge is 0.368 e. The van der Waals surface area contributed by atoms with Gasteiger partial charge in [-0.25, -0.2) is 0 Å². The average Bonchev–Trinajstić information content (AvgIpc) is 2.28. The monoisotopic (exact) mass is 343 g/mol. The molecular weight excluding hydrogens is 326 g/mol. The molecule has 7 heteroatoms. The number of carbonyl (C=O) groups is 1. The highest BCUT2D eigenvalue weighted by Crippen LogP contribution is 2.28. The molecule has 0 saturated carbocycles. The molecule has 2 N–H and O–H groups in total. The van der Waals surface area contributed by atoms with Crippen molar-refractivity contribution in [3.05, 3.63) is 32.8 Å². The number of hydrogen-bond acceptors (Lipinski definition) is 4. The first-order chi connectivity index (χ1) is 9.10. The maximum absolute atomic E-state index is 12.0. The molecule has 0 radical (unpaired) electrons. The molecular formula is C13H18BrN3O3. The van der Waals surface area contributed by atoms with Crippen LogP contribution in [-0.2, 0) is 4.79 Å². The van der Waals surface area contributed by atoms with Crippen molar-refractivity contribution < 1.29 is 9.72 Å². The lowest BCUT2D eigenvalue weighted by molar-refractivity contribution is -0.384. The Balaban J connectivity index is 2.88. The second-order valence-corrected chi connectivity index (χ2v) is 6.44. The summed E-state index contributed by atoms with van der Waals surface area (Å²) >= 11 is 3.19. The van der Waals surface area contributed by atoms with Gasteiger partial charge in [-0.05, 0) is 39.8 Å². The van der Waals surface area contributed by atoms with Crippen molar-refractivity contribution in [2.75, 3.05) is 5.32 Å². The van der Waals surface area contributed by atoms with Crippen LogP contribution in [0.2, 0.25) is 0 Å². The fourth-order valence-electron chi connectivity index (χ4n) is 1.55. The summed E-state index contributed by atoms with van der Waals surface area (Å²) in [6.45, 7) is 7.28. The molecule has 1 unspecified atom stereocenters. The first-order valence-electron chi connectivity index (χ1n) is 6.12. The van der Waals surface area contributed by atoms with E-state index in [2.05, 4.69) is 26.6 Å². The number of nitrogens with one attached hydrogen (secondary N) is 2. The molecule has 0 bridgehead atoms. The van der Waals surface area contributed by atoms with Gasteiger partial charge in [-0.15, -0.1) is 0 Å². The van der Waals surface area contributed by atoms with E-state index in [0.717, 1.165) is 0 Å². The van der Waals surface area contributed by atoms with Crippen molar-refractivity contribution in [2.24, 2.45) is 0 Å². The molecule has 0 heterocycles. The summed E-state index contributed by atoms with van der Waals surface area (Å²) in [6, 6.07) is 4.08. The van der Waals surface area contributed by atoms with Gasteiger partial charge in [-0.3, -0.25) is 14.9 Å². The van der Waals surface area contributed by atoms with E-state index < -0.39 is 11.0 Å². The molecule has 1 amide bonds. The quantitative estimate of drug-likeness (QED) is 0.649. The summed E-state index contributed by atoms with van der Waals surface area (Å²) in [5, 5.41) is 16.7. The van der Waals surface area contributed by atoms with Crippen molar-refractivity contribution in [3.63, 3.8) is 0 Å². The molecule has 1 aromatic carbocycles. The van der Waals surface area contributed by atoms with Crippen molar-refractivity contribution in [3.8, 4) is 0 Å². The van der Waals surface area contributed by atoms with Crippen molar-refractivity contribution in [1.82, 2.24) is 5.32 Å². The molecule has 6 nitrogen and oxygen atoms in total. The normalized spacial score (nSPS) is 12.7. The van der Waals surface area contributed by atoms with E-state index in [9.17, 15) is 14.9 Å². The summed E-state index contributed by atoms with van der Waals surface area (Å²) in [5.41, 5.74) is -0.108. The molecule has 1 rings (SSSR count). The van der Waals surface area contributed by atoms with Crippen LogP contribution in [0.4, 0.5) is 11.4 Å². The summed E-state index contributed by atoms with van der Waals surface area (Å²) in [7, 11) is 0. The smallest absolute Gasteiger partial charge is 0.293 e. The van der Waals surface area contributed by atoms with Crippen LogP contribution in [-0.4, -0.2) is 22.4 Å². The summed E-state index contributed by atoms with van der Waals surface area (Å²) in [6.07, 6.45) is 0. The van der Waals surface area contributed by atoms with E-state index in [1.165, 1.54) is 6.07 Å². The molecule has 110 valence electrons. The molecule has 0 saturated heterocycles. The lowest BCUT2D eigenvalue weighted by atomic mass is 10.1. The van der Waals surface area contributed by atoms with Gasteiger partial charge in [-0.1, -0.05) is 15.9 Å². The topological polar surface area (TPSA) is 84.3 Å². The van der Waals surface area contributed by atoms with Gasteiger partial charge in [0.2, 0.25) is 5.91 Å². The zero-order valence-corrected chi connectivity index (χ0v) is 13.4. The second-order valence-electron chi connectivity index (χ2n) is 5.52. The Hall–Kier alpha value is -1.63. The van der Waals surface area contributed by atoms with E-state index in [-0.39, 0.29) is 17.1 Å². The van der Waals surface area contributed by atoms with Crippen molar-refractivity contribution >= 4 is 33.2 Å². The molecule has 0 aliphatic rings. The van der Waals surface area contributed by atoms with E-state index in [0.29, 0.717) is 10.2 Å². The number of nitro benzene ring substituents is 1. The second kappa shape index (κ2) is 6.21. The third-order valence-electron chi connectivity index (χ3n) is 2.42. The maximum Gasteiger partial charge on any atom is 0.293 e. The van der Waals surface area contributed by atoms with Crippen LogP contribution in [0.3, 0.4) is 0 Å². The lowest BCUT2D eigenvalue weighted by Crippen LogP contribution is -2.47. The molecule has 0 spiro atoms. The van der Waals surface area contributed by atoms with Gasteiger partial charge in [0.15, 0.2) is 0 Å². The van der Waals surface area contributed by atoms with Crippen molar-refractivity contribution in [1.29, 1.82) is 0 Å². The number of anilines is 1. The van der Waals surface area contributed by atoms with E-state index >= 15 is 0 Å². The SMILES string of the molecule is CC(Nc1ccc(Br)cc1[N+](=O)[O-])C(=O)NC(C)(C)C. The highest BCUT2D eigenvalue weighted by Gasteiger charge is 2.22. The van der Waals surface area contributed by atoms with Crippen LogP contribution in [0.15, 0.2) is 22.7 Å². The van der Waals surface area contributed by atoms with E-state index in [1.807, 2.05) is 20.8 Å². The number of benzene rings is 1. The number of nitrogens with zero attached hydrogens (tertiary/aromatic N) is 1. The van der Waals surface area contributed by atoms with Crippen LogP contribution in [0.5, 0.6) is 0 Å². The van der Waals surface area contributed by atoms with Gasteiger partial charge in [0.05, 0.1) is 4.92 Å². The van der Waals surface area contributed by atoms with Crippen LogP contribution in [0.25, 0.3) is 0 Å². The van der Waals surface area contributed by atoms with Gasteiger partial charge < -0.3 is 10.6 Å². The van der Waals surface area contributed by atoms with Gasteiger partial charge in [0.25, 0.3) is 5.69 Å². The first-order valence-corrected chi connectivity index (χ1v) is 6.92. The fourth-order valence-corrected chi connectivity index (χ4v) is 1.90. The minimum Gasteiger partial charge on any atom is -0.368 e. The number of rotatable bonds is 4. The molecule has 1 atom stereocenters. The molecule has 0 aromatic heterocycles. The minimum absolute atomic E-state index is 0.0743. The Bertz CT molecular complexity index is 526. The standard InChI is InChI=1S/C13H18BrN3O3/c1-8(12(18)16-13(2,3)4)15-10-6-5-9(14)7-11(10)17(19)20/h5-8,15H,1-4H3,(H,16,18). The van der Waals surface area contributed by atoms with Gasteiger partial charge in [-0.2, -0.15) is 0 Å². The first kappa shape index (κ1) is 16.4. The van der Waals surface area contributed by atoms with Crippen LogP contribution in [0, 0.1) is 10.1 Å². The number of amides is 1. The predicted molar refractivity (Wildman–Crippen MR) is 81.8 cm³/mol. The zero-order valence-electron chi connectivity index (χ0n) is 11.9. The summed E-state index contributed by atoms with van der Waals surface area (Å²) in [5.74, 6) is -0.213. The van der Waals surface area contributed by atoms with E-state index in [4.69, 9.17) is 0 Å². The molecule has 20 heavy (non-hydrogen) atoms. The minimum atomic E-state index is -0.575. The molecule has 1 aromatic rings. The lowest BCUT2D eigenvalue weighted by Gasteiger charge is -2.24. The number of carbonyl (C=O) groups excluding carboxylic acids is 1. The zero-order chi connectivity index (χ0) is 15.5. The molecule has 0 aliphatic carbocycles. The van der Waals surface area contributed by atoms with E-state index in [1.54, 1.807) is 19.1 Å².